The third kappa shape index (κ3) is 1.49. The molecule has 0 amide bonds. The molecule has 0 aliphatic heterocycles. The number of nitrogens with two attached hydrogens (primary N) is 1. The Labute approximate surface area is 67.2 Å². The van der Waals surface area contributed by atoms with Crippen LogP contribution < -0.4 is 5.73 Å². The zero-order valence-electron chi connectivity index (χ0n) is 6.31. The third-order valence-electron chi connectivity index (χ3n) is 1.55. The number of anilines is 1. The van der Waals surface area contributed by atoms with E-state index >= 15 is 0 Å². The van der Waals surface area contributed by atoms with Gasteiger partial charge in [0.2, 0.25) is 0 Å². The minimum absolute atomic E-state index is 0.0231. The summed E-state index contributed by atoms with van der Waals surface area (Å²) < 4.78 is 36.4. The Balaban J connectivity index is 3.26. The average Bonchev–Trinajstić information content (AvgIpc) is 1.92. The summed E-state index contributed by atoms with van der Waals surface area (Å²) in [6.45, 7) is 1.30. The summed E-state index contributed by atoms with van der Waals surface area (Å²) >= 11 is 0. The van der Waals surface area contributed by atoms with Gasteiger partial charge in [-0.05, 0) is 13.0 Å². The lowest BCUT2D eigenvalue weighted by atomic mass is 10.1. The number of hydrogen-bond donors (Lipinski definition) is 1. The van der Waals surface area contributed by atoms with Crippen LogP contribution in [0.3, 0.4) is 0 Å². The molecule has 0 saturated carbocycles. The van der Waals surface area contributed by atoms with E-state index in [4.69, 9.17) is 5.73 Å². The average molecular weight is 176 g/mol. The Hall–Kier alpha value is -1.26. The Morgan fingerprint density at radius 2 is 2.00 bits per heavy atom. The van der Waals surface area contributed by atoms with Gasteiger partial charge in [0, 0.05) is 11.8 Å². The first-order valence-corrected chi connectivity index (χ1v) is 3.21. The number of halogens is 3. The molecule has 0 spiro atoms. The standard InChI is InChI=1S/C7H7F3N2/c1-4-5(7(8,9)10)2-3-12-6(4)11/h2-3H,1H3,(H2,11,12). The normalized spacial score (nSPS) is 11.7. The molecule has 0 atom stereocenters. The number of aromatic nitrogens is 1. The third-order valence-corrected chi connectivity index (χ3v) is 1.55. The van der Waals surface area contributed by atoms with Gasteiger partial charge in [-0.2, -0.15) is 13.2 Å². The molecule has 2 nitrogen and oxygen atoms in total. The van der Waals surface area contributed by atoms with Crippen LogP contribution in [0.1, 0.15) is 11.1 Å². The highest BCUT2D eigenvalue weighted by atomic mass is 19.4. The fourth-order valence-corrected chi connectivity index (χ4v) is 0.859. The fourth-order valence-electron chi connectivity index (χ4n) is 0.859. The van der Waals surface area contributed by atoms with E-state index in [1.54, 1.807) is 0 Å². The predicted molar refractivity (Wildman–Crippen MR) is 38.4 cm³/mol. The molecule has 66 valence electrons. The van der Waals surface area contributed by atoms with Crippen molar-refractivity contribution in [3.8, 4) is 0 Å². The van der Waals surface area contributed by atoms with E-state index in [9.17, 15) is 13.2 Å². The Bertz CT molecular complexity index is 293. The van der Waals surface area contributed by atoms with Crippen molar-refractivity contribution in [2.75, 3.05) is 5.73 Å². The second-order valence-electron chi connectivity index (χ2n) is 2.37. The van der Waals surface area contributed by atoms with Gasteiger partial charge in [-0.15, -0.1) is 0 Å². The number of rotatable bonds is 0. The monoisotopic (exact) mass is 176 g/mol. The first kappa shape index (κ1) is 8.83. The number of alkyl halides is 3. The minimum Gasteiger partial charge on any atom is -0.383 e. The molecule has 0 aliphatic rings. The van der Waals surface area contributed by atoms with Gasteiger partial charge in [0.15, 0.2) is 0 Å². The van der Waals surface area contributed by atoms with Crippen molar-refractivity contribution < 1.29 is 13.2 Å². The van der Waals surface area contributed by atoms with Crippen LogP contribution in [-0.4, -0.2) is 4.98 Å². The van der Waals surface area contributed by atoms with Crippen molar-refractivity contribution in [1.82, 2.24) is 4.98 Å². The van der Waals surface area contributed by atoms with Crippen LogP contribution in [0.4, 0.5) is 19.0 Å². The maximum atomic E-state index is 12.1. The van der Waals surface area contributed by atoms with E-state index in [0.29, 0.717) is 0 Å². The zero-order valence-corrected chi connectivity index (χ0v) is 6.31. The van der Waals surface area contributed by atoms with E-state index < -0.39 is 11.7 Å². The smallest absolute Gasteiger partial charge is 0.383 e. The quantitative estimate of drug-likeness (QED) is 0.656. The summed E-state index contributed by atoms with van der Waals surface area (Å²) in [6, 6.07) is 0.908. The molecular formula is C7H7F3N2. The molecule has 12 heavy (non-hydrogen) atoms. The van der Waals surface area contributed by atoms with E-state index in [1.165, 1.54) is 6.92 Å². The van der Waals surface area contributed by atoms with Crippen LogP contribution in [0, 0.1) is 6.92 Å². The molecule has 1 aromatic heterocycles. The minimum atomic E-state index is -4.35. The molecule has 1 heterocycles. The van der Waals surface area contributed by atoms with Crippen molar-refractivity contribution >= 4 is 5.82 Å². The van der Waals surface area contributed by atoms with Crippen LogP contribution >= 0.6 is 0 Å². The molecule has 2 N–H and O–H groups in total. The van der Waals surface area contributed by atoms with Crippen LogP contribution in [-0.2, 0) is 6.18 Å². The van der Waals surface area contributed by atoms with E-state index in [1.807, 2.05) is 0 Å². The molecule has 0 fully saturated rings. The van der Waals surface area contributed by atoms with Gasteiger partial charge in [-0.1, -0.05) is 0 Å². The highest BCUT2D eigenvalue weighted by Gasteiger charge is 2.32. The first-order chi connectivity index (χ1) is 5.43. The van der Waals surface area contributed by atoms with Gasteiger partial charge in [0.05, 0.1) is 5.56 Å². The summed E-state index contributed by atoms with van der Waals surface area (Å²) in [7, 11) is 0. The van der Waals surface area contributed by atoms with Crippen molar-refractivity contribution in [2.45, 2.75) is 13.1 Å². The van der Waals surface area contributed by atoms with Crippen LogP contribution in [0.2, 0.25) is 0 Å². The lowest BCUT2D eigenvalue weighted by molar-refractivity contribution is -0.138. The number of hydrogen-bond acceptors (Lipinski definition) is 2. The summed E-state index contributed by atoms with van der Waals surface area (Å²) in [5, 5.41) is 0. The molecule has 0 aliphatic carbocycles. The van der Waals surface area contributed by atoms with Crippen molar-refractivity contribution in [2.24, 2.45) is 0 Å². The number of nitrogens with zero attached hydrogens (tertiary/aromatic N) is 1. The second kappa shape index (κ2) is 2.66. The molecule has 1 rings (SSSR count). The van der Waals surface area contributed by atoms with Crippen molar-refractivity contribution in [3.63, 3.8) is 0 Å². The largest absolute Gasteiger partial charge is 0.416 e. The van der Waals surface area contributed by atoms with Crippen molar-refractivity contribution in [3.05, 3.63) is 23.4 Å². The predicted octanol–water partition coefficient (Wildman–Crippen LogP) is 1.99. The highest BCUT2D eigenvalue weighted by Crippen LogP contribution is 2.32. The molecule has 0 bridgehead atoms. The van der Waals surface area contributed by atoms with Crippen LogP contribution in [0.25, 0.3) is 0 Å². The van der Waals surface area contributed by atoms with Gasteiger partial charge < -0.3 is 5.73 Å². The summed E-state index contributed by atoms with van der Waals surface area (Å²) in [4.78, 5) is 3.53. The Morgan fingerprint density at radius 1 is 1.42 bits per heavy atom. The number of nitrogen functional groups attached to an aromatic ring is 1. The van der Waals surface area contributed by atoms with E-state index in [0.717, 1.165) is 12.3 Å². The molecular weight excluding hydrogens is 169 g/mol. The Kier molecular flexibility index (Phi) is 1.95. The molecule has 5 heteroatoms. The first-order valence-electron chi connectivity index (χ1n) is 3.21. The molecule has 0 saturated heterocycles. The SMILES string of the molecule is Cc1c(C(F)(F)F)ccnc1N. The highest BCUT2D eigenvalue weighted by molar-refractivity contribution is 5.44. The topological polar surface area (TPSA) is 38.9 Å². The van der Waals surface area contributed by atoms with E-state index in [-0.39, 0.29) is 11.4 Å². The van der Waals surface area contributed by atoms with Gasteiger partial charge >= 0.3 is 6.18 Å². The fraction of sp³-hybridized carbons (Fsp3) is 0.286. The summed E-state index contributed by atoms with van der Waals surface area (Å²) in [5.41, 5.74) is 4.46. The Morgan fingerprint density at radius 3 is 2.42 bits per heavy atom. The van der Waals surface area contributed by atoms with Crippen molar-refractivity contribution in [1.29, 1.82) is 0 Å². The van der Waals surface area contributed by atoms with Gasteiger partial charge in [-0.25, -0.2) is 4.98 Å². The zero-order chi connectivity index (χ0) is 9.35. The molecule has 1 aromatic rings. The second-order valence-corrected chi connectivity index (χ2v) is 2.37. The van der Waals surface area contributed by atoms with Gasteiger partial charge in [-0.3, -0.25) is 0 Å². The molecule has 0 aromatic carbocycles. The lowest BCUT2D eigenvalue weighted by Crippen LogP contribution is -2.09. The molecule has 0 unspecified atom stereocenters. The van der Waals surface area contributed by atoms with Gasteiger partial charge in [0.25, 0.3) is 0 Å². The number of pyridine rings is 1. The molecule has 0 radical (unpaired) electrons. The summed E-state index contributed by atoms with van der Waals surface area (Å²) in [6.07, 6.45) is -3.30. The van der Waals surface area contributed by atoms with Crippen LogP contribution in [0.15, 0.2) is 12.3 Å². The maximum absolute atomic E-state index is 12.1. The summed E-state index contributed by atoms with van der Waals surface area (Å²) in [5.74, 6) is -0.0789. The van der Waals surface area contributed by atoms with E-state index in [2.05, 4.69) is 4.98 Å². The maximum Gasteiger partial charge on any atom is 0.416 e. The lowest BCUT2D eigenvalue weighted by Gasteiger charge is -2.10. The van der Waals surface area contributed by atoms with Crippen LogP contribution in [0.5, 0.6) is 0 Å². The van der Waals surface area contributed by atoms with Gasteiger partial charge in [0.1, 0.15) is 5.82 Å².